The monoisotopic (exact) mass is 248 g/mol. The van der Waals surface area contributed by atoms with Crippen LogP contribution in [0.5, 0.6) is 0 Å². The first-order chi connectivity index (χ1) is 7.45. The maximum Gasteiger partial charge on any atom is 0.279 e. The molecular weight excluding hydrogens is 224 g/mol. The quantitative estimate of drug-likeness (QED) is 0.778. The molecule has 0 aromatic carbocycles. The Hall–Kier alpha value is -0.130. The summed E-state index contributed by atoms with van der Waals surface area (Å²) in [6.45, 7) is 4.84. The van der Waals surface area contributed by atoms with E-state index < -0.39 is 10.2 Å². The molecule has 1 aliphatic rings. The van der Waals surface area contributed by atoms with Crippen LogP contribution in [0, 0.1) is 5.92 Å². The van der Waals surface area contributed by atoms with E-state index in [0.29, 0.717) is 12.5 Å². The van der Waals surface area contributed by atoms with Crippen molar-refractivity contribution in [1.29, 1.82) is 0 Å². The number of rotatable bonds is 6. The van der Waals surface area contributed by atoms with Crippen LogP contribution >= 0.6 is 0 Å². The van der Waals surface area contributed by atoms with Crippen LogP contribution in [-0.4, -0.2) is 32.4 Å². The first-order valence-electron chi connectivity index (χ1n) is 6.19. The van der Waals surface area contributed by atoms with Crippen molar-refractivity contribution in [2.75, 3.05) is 13.6 Å². The van der Waals surface area contributed by atoms with Gasteiger partial charge in [-0.15, -0.1) is 0 Å². The van der Waals surface area contributed by atoms with Gasteiger partial charge in [-0.2, -0.15) is 17.4 Å². The van der Waals surface area contributed by atoms with Crippen molar-refractivity contribution < 1.29 is 8.42 Å². The van der Waals surface area contributed by atoms with E-state index in [2.05, 4.69) is 18.6 Å². The molecule has 4 nitrogen and oxygen atoms in total. The van der Waals surface area contributed by atoms with Gasteiger partial charge in [-0.25, -0.2) is 0 Å². The Bertz CT molecular complexity index is 303. The molecule has 0 bridgehead atoms. The molecule has 96 valence electrons. The lowest BCUT2D eigenvalue weighted by atomic mass is 10.1. The van der Waals surface area contributed by atoms with Crippen molar-refractivity contribution in [3.63, 3.8) is 0 Å². The Morgan fingerprint density at radius 3 is 2.56 bits per heavy atom. The second kappa shape index (κ2) is 5.98. The van der Waals surface area contributed by atoms with E-state index in [9.17, 15) is 8.42 Å². The number of hydrogen-bond donors (Lipinski definition) is 1. The van der Waals surface area contributed by atoms with Crippen LogP contribution in [0.2, 0.25) is 0 Å². The smallest absolute Gasteiger partial charge is 0.199 e. The van der Waals surface area contributed by atoms with E-state index in [1.807, 2.05) is 0 Å². The van der Waals surface area contributed by atoms with E-state index in [1.54, 1.807) is 7.05 Å². The molecule has 5 heteroatoms. The molecule has 0 amide bonds. The van der Waals surface area contributed by atoms with Crippen LogP contribution in [0.1, 0.15) is 46.0 Å². The zero-order valence-electron chi connectivity index (χ0n) is 10.6. The number of unbranched alkanes of at least 4 members (excludes halogenated alkanes) is 1. The predicted molar refractivity (Wildman–Crippen MR) is 66.4 cm³/mol. The summed E-state index contributed by atoms with van der Waals surface area (Å²) in [4.78, 5) is 0. The highest BCUT2D eigenvalue weighted by Crippen LogP contribution is 2.25. The van der Waals surface area contributed by atoms with E-state index >= 15 is 0 Å². The van der Waals surface area contributed by atoms with Crippen molar-refractivity contribution in [2.45, 2.75) is 52.0 Å². The predicted octanol–water partition coefficient (Wildman–Crippen LogP) is 1.74. The molecule has 1 saturated carbocycles. The Morgan fingerprint density at radius 1 is 1.38 bits per heavy atom. The topological polar surface area (TPSA) is 49.4 Å². The van der Waals surface area contributed by atoms with Crippen LogP contribution in [0.25, 0.3) is 0 Å². The molecule has 0 heterocycles. The summed E-state index contributed by atoms with van der Waals surface area (Å²) in [6, 6.07) is 0.143. The summed E-state index contributed by atoms with van der Waals surface area (Å²) < 4.78 is 28.1. The molecule has 0 radical (unpaired) electrons. The second-order valence-electron chi connectivity index (χ2n) is 4.91. The van der Waals surface area contributed by atoms with Gasteiger partial charge in [-0.05, 0) is 31.6 Å². The minimum absolute atomic E-state index is 0.143. The molecular formula is C11H24N2O2S. The van der Waals surface area contributed by atoms with Gasteiger partial charge in [0, 0.05) is 19.6 Å². The lowest BCUT2D eigenvalue weighted by Crippen LogP contribution is -2.43. The molecule has 16 heavy (non-hydrogen) atoms. The summed E-state index contributed by atoms with van der Waals surface area (Å²) in [5.74, 6) is 0.647. The van der Waals surface area contributed by atoms with Gasteiger partial charge < -0.3 is 0 Å². The van der Waals surface area contributed by atoms with Gasteiger partial charge >= 0.3 is 0 Å². The molecule has 1 fully saturated rings. The minimum atomic E-state index is -3.26. The Balaban J connectivity index is 2.44. The van der Waals surface area contributed by atoms with Crippen LogP contribution in [0.15, 0.2) is 0 Å². The number of nitrogens with zero attached hydrogens (tertiary/aromatic N) is 1. The average Bonchev–Trinajstić information content (AvgIpc) is 2.59. The third kappa shape index (κ3) is 4.03. The fraction of sp³-hybridized carbons (Fsp3) is 1.00. The Labute approximate surface area is 99.6 Å². The molecule has 0 saturated heterocycles. The molecule has 1 aliphatic carbocycles. The summed E-state index contributed by atoms with van der Waals surface area (Å²) in [5, 5.41) is 0. The maximum absolute atomic E-state index is 11.9. The van der Waals surface area contributed by atoms with Crippen molar-refractivity contribution in [1.82, 2.24) is 9.03 Å². The van der Waals surface area contributed by atoms with Gasteiger partial charge in [-0.3, -0.25) is 0 Å². The molecule has 0 spiro atoms. The largest absolute Gasteiger partial charge is 0.279 e. The fourth-order valence-corrected chi connectivity index (χ4v) is 3.30. The minimum Gasteiger partial charge on any atom is -0.199 e. The summed E-state index contributed by atoms with van der Waals surface area (Å²) in [6.07, 6.45) is 5.01. The molecule has 0 aromatic rings. The molecule has 0 aromatic heterocycles. The van der Waals surface area contributed by atoms with Crippen molar-refractivity contribution in [3.8, 4) is 0 Å². The van der Waals surface area contributed by atoms with Gasteiger partial charge in [0.25, 0.3) is 10.2 Å². The van der Waals surface area contributed by atoms with Crippen molar-refractivity contribution in [3.05, 3.63) is 0 Å². The van der Waals surface area contributed by atoms with Gasteiger partial charge in [0.05, 0.1) is 0 Å². The Kier molecular flexibility index (Phi) is 5.21. The van der Waals surface area contributed by atoms with E-state index in [4.69, 9.17) is 0 Å². The second-order valence-corrected chi connectivity index (χ2v) is 6.72. The van der Waals surface area contributed by atoms with Crippen molar-refractivity contribution >= 4 is 10.2 Å². The SMILES string of the molecule is CCCCN(C)S(=O)(=O)NC1CCC(C)C1. The normalized spacial score (nSPS) is 26.5. The van der Waals surface area contributed by atoms with Gasteiger partial charge in [0.1, 0.15) is 0 Å². The van der Waals surface area contributed by atoms with E-state index in [1.165, 1.54) is 4.31 Å². The summed E-state index contributed by atoms with van der Waals surface area (Å²) >= 11 is 0. The Morgan fingerprint density at radius 2 is 2.06 bits per heavy atom. The summed E-state index contributed by atoms with van der Waals surface area (Å²) in [5.41, 5.74) is 0. The molecule has 0 aliphatic heterocycles. The molecule has 2 unspecified atom stereocenters. The first kappa shape index (κ1) is 13.9. The highest BCUT2D eigenvalue weighted by Gasteiger charge is 2.27. The maximum atomic E-state index is 11.9. The zero-order valence-corrected chi connectivity index (χ0v) is 11.4. The standard InChI is InChI=1S/C11H24N2O2S/c1-4-5-8-13(3)16(14,15)12-11-7-6-10(2)9-11/h10-12H,4-9H2,1-3H3. The third-order valence-corrected chi connectivity index (χ3v) is 4.88. The van der Waals surface area contributed by atoms with Crippen LogP contribution in [0.4, 0.5) is 0 Å². The van der Waals surface area contributed by atoms with Gasteiger partial charge in [-0.1, -0.05) is 20.3 Å². The highest BCUT2D eigenvalue weighted by atomic mass is 32.2. The number of nitrogens with one attached hydrogen (secondary N) is 1. The lowest BCUT2D eigenvalue weighted by molar-refractivity contribution is 0.436. The molecule has 2 atom stereocenters. The highest BCUT2D eigenvalue weighted by molar-refractivity contribution is 7.87. The number of hydrogen-bond acceptors (Lipinski definition) is 2. The first-order valence-corrected chi connectivity index (χ1v) is 7.63. The zero-order chi connectivity index (χ0) is 12.2. The molecule has 1 N–H and O–H groups in total. The summed E-state index contributed by atoms with van der Waals surface area (Å²) in [7, 11) is -1.61. The van der Waals surface area contributed by atoms with Crippen LogP contribution < -0.4 is 4.72 Å². The van der Waals surface area contributed by atoms with Gasteiger partial charge in [0.2, 0.25) is 0 Å². The van der Waals surface area contributed by atoms with Crippen molar-refractivity contribution in [2.24, 2.45) is 5.92 Å². The third-order valence-electron chi connectivity index (χ3n) is 3.25. The molecule has 1 rings (SSSR count). The lowest BCUT2D eigenvalue weighted by Gasteiger charge is -2.20. The van der Waals surface area contributed by atoms with Crippen LogP contribution in [-0.2, 0) is 10.2 Å². The fourth-order valence-electron chi connectivity index (χ4n) is 2.12. The average molecular weight is 248 g/mol. The van der Waals surface area contributed by atoms with Crippen LogP contribution in [0.3, 0.4) is 0 Å². The van der Waals surface area contributed by atoms with E-state index in [0.717, 1.165) is 32.1 Å². The van der Waals surface area contributed by atoms with Gasteiger partial charge in [0.15, 0.2) is 0 Å². The van der Waals surface area contributed by atoms with E-state index in [-0.39, 0.29) is 6.04 Å².